The summed E-state index contributed by atoms with van der Waals surface area (Å²) in [4.78, 5) is 0. The average molecular weight is 387 g/mol. The van der Waals surface area contributed by atoms with Crippen LogP contribution in [-0.4, -0.2) is 18.3 Å². The number of ether oxygens (including phenoxy) is 2. The first-order valence-corrected chi connectivity index (χ1v) is 8.36. The Morgan fingerprint density at radius 2 is 1.63 bits per heavy atom. The molecule has 1 aliphatic carbocycles. The first kappa shape index (κ1) is 19.4. The lowest BCUT2D eigenvalue weighted by Gasteiger charge is -2.35. The number of nitrogens with one attached hydrogen (secondary N) is 1. The molecule has 0 unspecified atom stereocenters. The fourth-order valence-corrected chi connectivity index (χ4v) is 2.82. The predicted molar refractivity (Wildman–Crippen MR) is 88.7 cm³/mol. The molecule has 0 aliphatic heterocycles. The van der Waals surface area contributed by atoms with Gasteiger partial charge in [0, 0.05) is 31.5 Å². The zero-order valence-corrected chi connectivity index (χ0v) is 14.2. The Morgan fingerprint density at radius 1 is 0.963 bits per heavy atom. The fraction of sp³-hybridized carbons (Fsp3) is 0.368. The van der Waals surface area contributed by atoms with Gasteiger partial charge in [0.1, 0.15) is 18.1 Å². The van der Waals surface area contributed by atoms with Crippen LogP contribution < -0.4 is 14.8 Å². The standard InChI is InChI=1S/C19H18F5NO2/c20-18(21)9-15(10-18)25-11-14-6-16(8-17(7-14)27-19(22,23)24)26-12-13-4-2-1-3-5-13/h1-8,15,25H,9-12H2. The predicted octanol–water partition coefficient (Wildman–Crippen LogP) is 5.05. The average Bonchev–Trinajstić information content (AvgIpc) is 2.55. The highest BCUT2D eigenvalue weighted by atomic mass is 19.4. The first-order chi connectivity index (χ1) is 12.7. The second-order valence-electron chi connectivity index (χ2n) is 6.48. The summed E-state index contributed by atoms with van der Waals surface area (Å²) in [7, 11) is 0. The number of benzene rings is 2. The molecule has 1 N–H and O–H groups in total. The molecule has 0 bridgehead atoms. The summed E-state index contributed by atoms with van der Waals surface area (Å²) in [6, 6.07) is 12.7. The Balaban J connectivity index is 1.68. The molecule has 0 amide bonds. The molecule has 3 rings (SSSR count). The van der Waals surface area contributed by atoms with Gasteiger partial charge in [-0.25, -0.2) is 8.78 Å². The molecular weight excluding hydrogens is 369 g/mol. The van der Waals surface area contributed by atoms with Crippen LogP contribution in [0.25, 0.3) is 0 Å². The minimum Gasteiger partial charge on any atom is -0.489 e. The van der Waals surface area contributed by atoms with Crippen molar-refractivity contribution in [3.63, 3.8) is 0 Å². The zero-order chi connectivity index (χ0) is 19.5. The third-order valence-electron chi connectivity index (χ3n) is 4.11. The monoisotopic (exact) mass is 387 g/mol. The lowest BCUT2D eigenvalue weighted by molar-refractivity contribution is -0.274. The highest BCUT2D eigenvalue weighted by molar-refractivity contribution is 5.39. The summed E-state index contributed by atoms with van der Waals surface area (Å²) < 4.78 is 73.0. The Hall–Kier alpha value is -2.35. The van der Waals surface area contributed by atoms with Crippen LogP contribution in [0.4, 0.5) is 22.0 Å². The van der Waals surface area contributed by atoms with Crippen molar-refractivity contribution < 1.29 is 31.4 Å². The summed E-state index contributed by atoms with van der Waals surface area (Å²) in [6.45, 7) is 0.315. The van der Waals surface area contributed by atoms with Gasteiger partial charge in [0.15, 0.2) is 0 Å². The maximum atomic E-state index is 12.9. The molecule has 0 saturated heterocycles. The van der Waals surface area contributed by atoms with Crippen LogP contribution >= 0.6 is 0 Å². The van der Waals surface area contributed by atoms with Gasteiger partial charge in [-0.3, -0.25) is 0 Å². The van der Waals surface area contributed by atoms with E-state index in [0.29, 0.717) is 5.56 Å². The number of rotatable bonds is 7. The van der Waals surface area contributed by atoms with Gasteiger partial charge < -0.3 is 14.8 Å². The number of hydrogen-bond acceptors (Lipinski definition) is 3. The second-order valence-corrected chi connectivity index (χ2v) is 6.48. The molecule has 1 aliphatic rings. The minimum atomic E-state index is -4.83. The summed E-state index contributed by atoms with van der Waals surface area (Å²) in [5.74, 6) is -2.87. The van der Waals surface area contributed by atoms with Crippen molar-refractivity contribution in [2.75, 3.05) is 0 Å². The third kappa shape index (κ3) is 6.09. The third-order valence-corrected chi connectivity index (χ3v) is 4.11. The molecule has 1 fully saturated rings. The number of halogens is 5. The topological polar surface area (TPSA) is 30.5 Å². The lowest BCUT2D eigenvalue weighted by atomic mass is 9.88. The van der Waals surface area contributed by atoms with Gasteiger partial charge in [-0.2, -0.15) is 0 Å². The highest BCUT2D eigenvalue weighted by Crippen LogP contribution is 2.37. The van der Waals surface area contributed by atoms with Crippen molar-refractivity contribution in [3.05, 3.63) is 59.7 Å². The van der Waals surface area contributed by atoms with Gasteiger partial charge in [0.2, 0.25) is 0 Å². The van der Waals surface area contributed by atoms with Gasteiger partial charge in [-0.1, -0.05) is 30.3 Å². The number of alkyl halides is 5. The van der Waals surface area contributed by atoms with E-state index < -0.39 is 18.0 Å². The number of hydrogen-bond donors (Lipinski definition) is 1. The maximum absolute atomic E-state index is 12.9. The highest BCUT2D eigenvalue weighted by Gasteiger charge is 2.44. The Labute approximate surface area is 153 Å². The van der Waals surface area contributed by atoms with E-state index >= 15 is 0 Å². The molecule has 8 heteroatoms. The molecule has 27 heavy (non-hydrogen) atoms. The normalized spacial score (nSPS) is 16.6. The van der Waals surface area contributed by atoms with Crippen LogP contribution in [0.1, 0.15) is 24.0 Å². The summed E-state index contributed by atoms with van der Waals surface area (Å²) in [6.07, 6.45) is -5.38. The Bertz CT molecular complexity index is 756. The van der Waals surface area contributed by atoms with Crippen LogP contribution in [-0.2, 0) is 13.2 Å². The molecule has 3 nitrogen and oxygen atoms in total. The molecule has 146 valence electrons. The molecular formula is C19H18F5NO2. The van der Waals surface area contributed by atoms with Crippen LogP contribution in [0, 0.1) is 0 Å². The smallest absolute Gasteiger partial charge is 0.489 e. The molecule has 0 spiro atoms. The van der Waals surface area contributed by atoms with Crippen molar-refractivity contribution in [1.29, 1.82) is 0 Å². The van der Waals surface area contributed by atoms with Crippen molar-refractivity contribution in [2.24, 2.45) is 0 Å². The van der Waals surface area contributed by atoms with E-state index in [2.05, 4.69) is 10.1 Å². The quantitative estimate of drug-likeness (QED) is 0.675. The summed E-state index contributed by atoms with van der Waals surface area (Å²) in [5, 5.41) is 2.91. The van der Waals surface area contributed by atoms with Gasteiger partial charge in [-0.15, -0.1) is 13.2 Å². The Morgan fingerprint density at radius 3 is 2.26 bits per heavy atom. The minimum absolute atomic E-state index is 0.136. The van der Waals surface area contributed by atoms with Crippen LogP contribution in [0.15, 0.2) is 48.5 Å². The van der Waals surface area contributed by atoms with E-state index in [9.17, 15) is 22.0 Å². The van der Waals surface area contributed by atoms with Crippen molar-refractivity contribution in [2.45, 2.75) is 44.3 Å². The summed E-state index contributed by atoms with van der Waals surface area (Å²) in [5.41, 5.74) is 1.31. The fourth-order valence-electron chi connectivity index (χ4n) is 2.82. The van der Waals surface area contributed by atoms with Crippen molar-refractivity contribution >= 4 is 0 Å². The van der Waals surface area contributed by atoms with E-state index in [-0.39, 0.29) is 37.8 Å². The molecule has 0 atom stereocenters. The van der Waals surface area contributed by atoms with Gasteiger partial charge >= 0.3 is 6.36 Å². The van der Waals surface area contributed by atoms with E-state index in [4.69, 9.17) is 4.74 Å². The first-order valence-electron chi connectivity index (χ1n) is 8.36. The zero-order valence-electron chi connectivity index (χ0n) is 14.2. The molecule has 1 saturated carbocycles. The molecule has 0 heterocycles. The van der Waals surface area contributed by atoms with Crippen LogP contribution in [0.5, 0.6) is 11.5 Å². The SMILES string of the molecule is FC1(F)CC(NCc2cc(OCc3ccccc3)cc(OC(F)(F)F)c2)C1. The van der Waals surface area contributed by atoms with E-state index in [1.54, 1.807) is 6.07 Å². The van der Waals surface area contributed by atoms with Crippen molar-refractivity contribution in [3.8, 4) is 11.5 Å². The Kier molecular flexibility index (Phi) is 5.55. The maximum Gasteiger partial charge on any atom is 0.573 e. The van der Waals surface area contributed by atoms with Crippen LogP contribution in [0.2, 0.25) is 0 Å². The van der Waals surface area contributed by atoms with Crippen LogP contribution in [0.3, 0.4) is 0 Å². The molecule has 0 radical (unpaired) electrons. The second kappa shape index (κ2) is 7.72. The van der Waals surface area contributed by atoms with Crippen molar-refractivity contribution in [1.82, 2.24) is 5.32 Å². The molecule has 2 aromatic carbocycles. The van der Waals surface area contributed by atoms with E-state index in [1.807, 2.05) is 30.3 Å². The largest absolute Gasteiger partial charge is 0.573 e. The lowest BCUT2D eigenvalue weighted by Crippen LogP contribution is -2.48. The van der Waals surface area contributed by atoms with E-state index in [0.717, 1.165) is 11.6 Å². The van der Waals surface area contributed by atoms with Gasteiger partial charge in [-0.05, 0) is 23.3 Å². The molecule has 2 aromatic rings. The van der Waals surface area contributed by atoms with Gasteiger partial charge in [0.25, 0.3) is 5.92 Å². The van der Waals surface area contributed by atoms with Gasteiger partial charge in [0.05, 0.1) is 0 Å². The van der Waals surface area contributed by atoms with E-state index in [1.165, 1.54) is 6.07 Å². The summed E-state index contributed by atoms with van der Waals surface area (Å²) >= 11 is 0. The molecule has 0 aromatic heterocycles.